The van der Waals surface area contributed by atoms with Crippen LogP contribution < -0.4 is 5.32 Å². The minimum Gasteiger partial charge on any atom is -0.480 e. The minimum atomic E-state index is -1.03. The van der Waals surface area contributed by atoms with E-state index in [2.05, 4.69) is 5.32 Å². The monoisotopic (exact) mass is 247 g/mol. The van der Waals surface area contributed by atoms with Crippen molar-refractivity contribution in [1.82, 2.24) is 5.32 Å². The van der Waals surface area contributed by atoms with E-state index in [0.29, 0.717) is 0 Å². The summed E-state index contributed by atoms with van der Waals surface area (Å²) in [4.78, 5) is 22.6. The van der Waals surface area contributed by atoms with Crippen molar-refractivity contribution in [3.8, 4) is 0 Å². The zero-order valence-corrected chi connectivity index (χ0v) is 10.5. The smallest absolute Gasteiger partial charge is 0.326 e. The molecule has 96 valence electrons. The highest BCUT2D eigenvalue weighted by atomic mass is 16.4. The molecule has 18 heavy (non-hydrogen) atoms. The van der Waals surface area contributed by atoms with E-state index in [1.165, 1.54) is 6.08 Å². The lowest BCUT2D eigenvalue weighted by molar-refractivity contribution is -0.141. The molecule has 0 bridgehead atoms. The van der Waals surface area contributed by atoms with E-state index in [9.17, 15) is 9.59 Å². The van der Waals surface area contributed by atoms with Crippen molar-refractivity contribution in [2.75, 3.05) is 0 Å². The molecule has 4 nitrogen and oxygen atoms in total. The van der Waals surface area contributed by atoms with Gasteiger partial charge in [-0.05, 0) is 19.4 Å². The first-order chi connectivity index (χ1) is 8.49. The van der Waals surface area contributed by atoms with E-state index in [1.54, 1.807) is 13.8 Å². The molecule has 0 unspecified atom stereocenters. The lowest BCUT2D eigenvalue weighted by atomic mass is 10.1. The number of aliphatic carboxylic acids is 1. The number of carbonyl (C=O) groups is 2. The highest BCUT2D eigenvalue weighted by Gasteiger charge is 2.19. The number of carboxylic acid groups (broad SMARTS) is 1. The normalized spacial score (nSPS) is 11.4. The molecule has 4 heteroatoms. The van der Waals surface area contributed by atoms with Gasteiger partial charge >= 0.3 is 5.97 Å². The van der Waals surface area contributed by atoms with Crippen molar-refractivity contribution < 1.29 is 14.7 Å². The van der Waals surface area contributed by atoms with Gasteiger partial charge in [0.25, 0.3) is 0 Å². The molecule has 0 aromatic heterocycles. The molecule has 0 aliphatic carbocycles. The molecule has 1 aromatic rings. The Morgan fingerprint density at radius 3 is 2.39 bits per heavy atom. The van der Waals surface area contributed by atoms with Gasteiger partial charge in [0, 0.05) is 12.5 Å². The fraction of sp³-hybridized carbons (Fsp3) is 0.286. The lowest BCUT2D eigenvalue weighted by Gasteiger charge is -2.13. The standard InChI is InChI=1S/C14H17NO3/c1-10(2)8-13(16)15-12(14(17)18)9-11-6-4-3-5-7-11/h3-8,12H,9H2,1-2H3,(H,15,16)(H,17,18)/t12-/m0/s1. The number of nitrogens with one attached hydrogen (secondary N) is 1. The molecular weight excluding hydrogens is 230 g/mol. The number of hydrogen-bond acceptors (Lipinski definition) is 2. The van der Waals surface area contributed by atoms with Gasteiger partial charge in [0.15, 0.2) is 0 Å². The molecule has 0 aliphatic heterocycles. The van der Waals surface area contributed by atoms with Crippen molar-refractivity contribution in [2.24, 2.45) is 0 Å². The topological polar surface area (TPSA) is 66.4 Å². The summed E-state index contributed by atoms with van der Waals surface area (Å²) in [5, 5.41) is 11.6. The maximum Gasteiger partial charge on any atom is 0.326 e. The van der Waals surface area contributed by atoms with Crippen LogP contribution >= 0.6 is 0 Å². The second-order valence-electron chi connectivity index (χ2n) is 4.31. The van der Waals surface area contributed by atoms with Gasteiger partial charge in [0.2, 0.25) is 5.91 Å². The molecule has 1 amide bonds. The minimum absolute atomic E-state index is 0.276. The van der Waals surface area contributed by atoms with Crippen LogP contribution in [0.1, 0.15) is 19.4 Å². The van der Waals surface area contributed by atoms with Gasteiger partial charge < -0.3 is 10.4 Å². The zero-order chi connectivity index (χ0) is 13.5. The summed E-state index contributed by atoms with van der Waals surface area (Å²) in [7, 11) is 0. The van der Waals surface area contributed by atoms with Crippen LogP contribution in [0.4, 0.5) is 0 Å². The van der Waals surface area contributed by atoms with Gasteiger partial charge in [-0.25, -0.2) is 4.79 Å². The Labute approximate surface area is 106 Å². The third kappa shape index (κ3) is 4.82. The maximum atomic E-state index is 11.5. The SMILES string of the molecule is CC(C)=CC(=O)N[C@@H](Cc1ccccc1)C(=O)O. The van der Waals surface area contributed by atoms with E-state index < -0.39 is 12.0 Å². The predicted molar refractivity (Wildman–Crippen MR) is 69.1 cm³/mol. The van der Waals surface area contributed by atoms with Crippen LogP contribution in [-0.4, -0.2) is 23.0 Å². The van der Waals surface area contributed by atoms with E-state index >= 15 is 0 Å². The number of carboxylic acids is 1. The van der Waals surface area contributed by atoms with Gasteiger partial charge in [0.1, 0.15) is 6.04 Å². The molecule has 0 saturated carbocycles. The molecule has 0 saturated heterocycles. The van der Waals surface area contributed by atoms with Crippen LogP contribution in [0.25, 0.3) is 0 Å². The van der Waals surface area contributed by atoms with E-state index in [0.717, 1.165) is 11.1 Å². The highest BCUT2D eigenvalue weighted by molar-refractivity contribution is 5.91. The summed E-state index contributed by atoms with van der Waals surface area (Å²) in [6, 6.07) is 8.31. The number of rotatable bonds is 5. The van der Waals surface area contributed by atoms with Crippen molar-refractivity contribution in [1.29, 1.82) is 0 Å². The molecule has 1 aromatic carbocycles. The second-order valence-corrected chi connectivity index (χ2v) is 4.31. The predicted octanol–water partition coefficient (Wildman–Crippen LogP) is 1.76. The maximum absolute atomic E-state index is 11.5. The fourth-order valence-electron chi connectivity index (χ4n) is 1.53. The average molecular weight is 247 g/mol. The van der Waals surface area contributed by atoms with Crippen LogP contribution in [0.5, 0.6) is 0 Å². The van der Waals surface area contributed by atoms with Crippen LogP contribution in [0.3, 0.4) is 0 Å². The summed E-state index contributed by atoms with van der Waals surface area (Å²) >= 11 is 0. The second kappa shape index (κ2) is 6.59. The molecule has 0 radical (unpaired) electrons. The van der Waals surface area contributed by atoms with Gasteiger partial charge in [-0.3, -0.25) is 4.79 Å². The number of benzene rings is 1. The molecule has 0 heterocycles. The molecule has 0 fully saturated rings. The van der Waals surface area contributed by atoms with Crippen molar-refractivity contribution in [2.45, 2.75) is 26.3 Å². The van der Waals surface area contributed by atoms with E-state index in [1.807, 2.05) is 30.3 Å². The lowest BCUT2D eigenvalue weighted by Crippen LogP contribution is -2.41. The average Bonchev–Trinajstić information content (AvgIpc) is 2.28. The Morgan fingerprint density at radius 2 is 1.89 bits per heavy atom. The first kappa shape index (κ1) is 14.0. The Balaban J connectivity index is 2.70. The summed E-state index contributed by atoms with van der Waals surface area (Å²) in [5.74, 6) is -1.41. The third-order valence-corrected chi connectivity index (χ3v) is 2.32. The Hall–Kier alpha value is -2.10. The summed E-state index contributed by atoms with van der Waals surface area (Å²) in [5.41, 5.74) is 1.71. The van der Waals surface area contributed by atoms with Gasteiger partial charge in [-0.15, -0.1) is 0 Å². The Kier molecular flexibility index (Phi) is 5.11. The molecule has 1 rings (SSSR count). The molecule has 1 atom stereocenters. The van der Waals surface area contributed by atoms with E-state index in [-0.39, 0.29) is 12.3 Å². The highest BCUT2D eigenvalue weighted by Crippen LogP contribution is 2.03. The largest absolute Gasteiger partial charge is 0.480 e. The fourth-order valence-corrected chi connectivity index (χ4v) is 1.53. The number of carbonyl (C=O) groups excluding carboxylic acids is 1. The first-order valence-electron chi connectivity index (χ1n) is 5.71. The van der Waals surface area contributed by atoms with Crippen molar-refractivity contribution in [3.63, 3.8) is 0 Å². The van der Waals surface area contributed by atoms with Gasteiger partial charge in [0.05, 0.1) is 0 Å². The van der Waals surface area contributed by atoms with Crippen LogP contribution in [-0.2, 0) is 16.0 Å². The number of amides is 1. The summed E-state index contributed by atoms with van der Waals surface area (Å²) < 4.78 is 0. The van der Waals surface area contributed by atoms with Gasteiger partial charge in [-0.1, -0.05) is 35.9 Å². The van der Waals surface area contributed by atoms with E-state index in [4.69, 9.17) is 5.11 Å². The molecule has 0 spiro atoms. The number of allylic oxidation sites excluding steroid dienone is 1. The first-order valence-corrected chi connectivity index (χ1v) is 5.71. The quantitative estimate of drug-likeness (QED) is 0.779. The summed E-state index contributed by atoms with van der Waals surface area (Å²) in [6.45, 7) is 3.57. The van der Waals surface area contributed by atoms with Crippen LogP contribution in [0.15, 0.2) is 42.0 Å². The number of hydrogen-bond donors (Lipinski definition) is 2. The van der Waals surface area contributed by atoms with Gasteiger partial charge in [-0.2, -0.15) is 0 Å². The van der Waals surface area contributed by atoms with Crippen LogP contribution in [0, 0.1) is 0 Å². The summed E-state index contributed by atoms with van der Waals surface area (Å²) in [6.07, 6.45) is 1.67. The Morgan fingerprint density at radius 1 is 1.28 bits per heavy atom. The van der Waals surface area contributed by atoms with Crippen molar-refractivity contribution >= 4 is 11.9 Å². The third-order valence-electron chi connectivity index (χ3n) is 2.32. The van der Waals surface area contributed by atoms with Crippen LogP contribution in [0.2, 0.25) is 0 Å². The Bertz CT molecular complexity index is 447. The van der Waals surface area contributed by atoms with Crippen molar-refractivity contribution in [3.05, 3.63) is 47.5 Å². The zero-order valence-electron chi connectivity index (χ0n) is 10.5. The molecular formula is C14H17NO3. The molecule has 0 aliphatic rings. The molecule has 2 N–H and O–H groups in total.